The summed E-state index contributed by atoms with van der Waals surface area (Å²) in [6.07, 6.45) is 2.15. The van der Waals surface area contributed by atoms with E-state index < -0.39 is 0 Å². The second-order valence-corrected chi connectivity index (χ2v) is 4.98. The fraction of sp³-hybridized carbons (Fsp3) is 0.286. The number of benzene rings is 1. The fourth-order valence-corrected chi connectivity index (χ4v) is 2.50. The highest BCUT2D eigenvalue weighted by Gasteiger charge is 2.16. The molecule has 3 nitrogen and oxygen atoms in total. The highest BCUT2D eigenvalue weighted by molar-refractivity contribution is 6.35. The lowest BCUT2D eigenvalue weighted by atomic mass is 10.0. The third kappa shape index (κ3) is 3.44. The maximum atomic E-state index is 6.15. The molecule has 0 fully saturated rings. The van der Waals surface area contributed by atoms with E-state index in [1.54, 1.807) is 12.3 Å². The number of hydrogen-bond acceptors (Lipinski definition) is 3. The molecule has 0 aliphatic carbocycles. The van der Waals surface area contributed by atoms with E-state index in [1.165, 1.54) is 0 Å². The molecule has 0 spiro atoms. The number of rotatable bonds is 5. The van der Waals surface area contributed by atoms with Crippen molar-refractivity contribution >= 4 is 23.2 Å². The summed E-state index contributed by atoms with van der Waals surface area (Å²) in [6.45, 7) is 2.44. The molecule has 102 valence electrons. The zero-order valence-corrected chi connectivity index (χ0v) is 12.0. The van der Waals surface area contributed by atoms with Crippen molar-refractivity contribution in [3.63, 3.8) is 0 Å². The molecule has 0 saturated carbocycles. The molecule has 0 aliphatic rings. The molecule has 5 heteroatoms. The van der Waals surface area contributed by atoms with Crippen molar-refractivity contribution in [2.75, 3.05) is 6.61 Å². The van der Waals surface area contributed by atoms with Crippen molar-refractivity contribution in [1.29, 1.82) is 0 Å². The van der Waals surface area contributed by atoms with Gasteiger partial charge in [0.2, 0.25) is 0 Å². The zero-order chi connectivity index (χ0) is 13.8. The first-order chi connectivity index (χ1) is 9.11. The molecule has 0 amide bonds. The van der Waals surface area contributed by atoms with E-state index in [0.717, 1.165) is 11.3 Å². The van der Waals surface area contributed by atoms with Gasteiger partial charge in [0.15, 0.2) is 0 Å². The van der Waals surface area contributed by atoms with Crippen LogP contribution in [0.5, 0.6) is 5.75 Å². The second-order valence-electron chi connectivity index (χ2n) is 4.13. The van der Waals surface area contributed by atoms with E-state index in [0.29, 0.717) is 28.8 Å². The summed E-state index contributed by atoms with van der Waals surface area (Å²) in [5, 5.41) is 1.06. The molecule has 1 unspecified atom stereocenters. The van der Waals surface area contributed by atoms with E-state index in [4.69, 9.17) is 38.1 Å². The van der Waals surface area contributed by atoms with Crippen LogP contribution in [0, 0.1) is 0 Å². The molecule has 2 N–H and O–H groups in total. The summed E-state index contributed by atoms with van der Waals surface area (Å²) < 4.78 is 10.9. The van der Waals surface area contributed by atoms with Crippen LogP contribution >= 0.6 is 23.2 Å². The Morgan fingerprint density at radius 2 is 2.16 bits per heavy atom. The second kappa shape index (κ2) is 6.33. The summed E-state index contributed by atoms with van der Waals surface area (Å²) in [6, 6.07) is 6.88. The topological polar surface area (TPSA) is 48.4 Å². The van der Waals surface area contributed by atoms with Gasteiger partial charge in [-0.1, -0.05) is 23.2 Å². The molecule has 1 atom stereocenters. The van der Waals surface area contributed by atoms with Crippen LogP contribution in [0.3, 0.4) is 0 Å². The normalized spacial score (nSPS) is 12.4. The van der Waals surface area contributed by atoms with Crippen LogP contribution in [0.1, 0.15) is 24.3 Å². The van der Waals surface area contributed by atoms with Gasteiger partial charge >= 0.3 is 0 Å². The van der Waals surface area contributed by atoms with Crippen molar-refractivity contribution in [2.45, 2.75) is 19.4 Å². The number of ether oxygens (including phenoxy) is 1. The lowest BCUT2D eigenvalue weighted by molar-refractivity contribution is 0.335. The molecular weight excluding hydrogens is 285 g/mol. The average Bonchev–Trinajstić information content (AvgIpc) is 2.87. The van der Waals surface area contributed by atoms with Crippen LogP contribution < -0.4 is 10.5 Å². The fourth-order valence-electron chi connectivity index (χ4n) is 1.91. The SMILES string of the molecule is CCOc1c(Cl)cc(Cl)cc1CC(N)c1ccco1. The van der Waals surface area contributed by atoms with Crippen molar-refractivity contribution in [1.82, 2.24) is 0 Å². The Hall–Kier alpha value is -1.16. The highest BCUT2D eigenvalue weighted by Crippen LogP contribution is 2.34. The van der Waals surface area contributed by atoms with Gasteiger partial charge in [0.25, 0.3) is 0 Å². The minimum Gasteiger partial charge on any atom is -0.492 e. The van der Waals surface area contributed by atoms with Crippen LogP contribution in [-0.2, 0) is 6.42 Å². The molecule has 1 aromatic carbocycles. The summed E-state index contributed by atoms with van der Waals surface area (Å²) >= 11 is 12.2. The average molecular weight is 300 g/mol. The Bertz CT molecular complexity index is 541. The van der Waals surface area contributed by atoms with Gasteiger partial charge in [-0.05, 0) is 43.2 Å². The van der Waals surface area contributed by atoms with Crippen molar-refractivity contribution in [3.8, 4) is 5.75 Å². The Kier molecular flexibility index (Phi) is 4.75. The Morgan fingerprint density at radius 1 is 1.37 bits per heavy atom. The summed E-state index contributed by atoms with van der Waals surface area (Å²) in [4.78, 5) is 0. The predicted molar refractivity (Wildman–Crippen MR) is 77.0 cm³/mol. The lowest BCUT2D eigenvalue weighted by Crippen LogP contribution is -2.13. The van der Waals surface area contributed by atoms with Gasteiger partial charge in [0, 0.05) is 5.02 Å². The molecule has 0 aliphatic heterocycles. The third-order valence-electron chi connectivity index (χ3n) is 2.72. The zero-order valence-electron chi connectivity index (χ0n) is 10.5. The number of halogens is 2. The van der Waals surface area contributed by atoms with Gasteiger partial charge in [-0.3, -0.25) is 0 Å². The standard InChI is InChI=1S/C14H15Cl2NO2/c1-2-18-14-9(6-10(15)8-11(14)16)7-12(17)13-4-3-5-19-13/h3-6,8,12H,2,7,17H2,1H3. The van der Waals surface area contributed by atoms with E-state index in [1.807, 2.05) is 25.1 Å². The Balaban J connectivity index is 2.28. The van der Waals surface area contributed by atoms with Gasteiger partial charge in [-0.25, -0.2) is 0 Å². The molecule has 19 heavy (non-hydrogen) atoms. The summed E-state index contributed by atoms with van der Waals surface area (Å²) in [7, 11) is 0. The van der Waals surface area contributed by atoms with Gasteiger partial charge in [-0.2, -0.15) is 0 Å². The van der Waals surface area contributed by atoms with Crippen molar-refractivity contribution < 1.29 is 9.15 Å². The predicted octanol–water partition coefficient (Wildman–Crippen LogP) is 4.23. The molecule has 1 aromatic heterocycles. The number of hydrogen-bond donors (Lipinski definition) is 1. The minimum atomic E-state index is -0.260. The van der Waals surface area contributed by atoms with Gasteiger partial charge < -0.3 is 14.9 Å². The molecule has 0 radical (unpaired) electrons. The van der Waals surface area contributed by atoms with Gasteiger partial charge in [-0.15, -0.1) is 0 Å². The molecule has 1 heterocycles. The molecular formula is C14H15Cl2NO2. The van der Waals surface area contributed by atoms with Crippen LogP contribution in [0.2, 0.25) is 10.0 Å². The summed E-state index contributed by atoms with van der Waals surface area (Å²) in [5.74, 6) is 1.36. The lowest BCUT2D eigenvalue weighted by Gasteiger charge is -2.15. The quantitative estimate of drug-likeness (QED) is 0.899. The van der Waals surface area contributed by atoms with Crippen LogP contribution in [0.15, 0.2) is 34.9 Å². The van der Waals surface area contributed by atoms with Crippen LogP contribution in [0.25, 0.3) is 0 Å². The first-order valence-electron chi connectivity index (χ1n) is 6.01. The summed E-state index contributed by atoms with van der Waals surface area (Å²) in [5.41, 5.74) is 6.98. The number of furan rings is 1. The van der Waals surface area contributed by atoms with Gasteiger partial charge in [0.05, 0.1) is 23.9 Å². The molecule has 0 bridgehead atoms. The molecule has 2 rings (SSSR count). The third-order valence-corrected chi connectivity index (χ3v) is 3.22. The van der Waals surface area contributed by atoms with Crippen molar-refractivity contribution in [3.05, 3.63) is 51.9 Å². The van der Waals surface area contributed by atoms with E-state index in [-0.39, 0.29) is 6.04 Å². The Labute approximate surface area is 122 Å². The van der Waals surface area contributed by atoms with Crippen molar-refractivity contribution in [2.24, 2.45) is 5.73 Å². The van der Waals surface area contributed by atoms with Crippen LogP contribution in [-0.4, -0.2) is 6.61 Å². The van der Waals surface area contributed by atoms with Crippen LogP contribution in [0.4, 0.5) is 0 Å². The monoisotopic (exact) mass is 299 g/mol. The maximum Gasteiger partial charge on any atom is 0.141 e. The smallest absolute Gasteiger partial charge is 0.141 e. The highest BCUT2D eigenvalue weighted by atomic mass is 35.5. The van der Waals surface area contributed by atoms with Gasteiger partial charge in [0.1, 0.15) is 11.5 Å². The number of nitrogens with two attached hydrogens (primary N) is 1. The maximum absolute atomic E-state index is 6.15. The van der Waals surface area contributed by atoms with E-state index in [9.17, 15) is 0 Å². The molecule has 0 saturated heterocycles. The van der Waals surface area contributed by atoms with E-state index >= 15 is 0 Å². The largest absolute Gasteiger partial charge is 0.492 e. The first-order valence-corrected chi connectivity index (χ1v) is 6.77. The Morgan fingerprint density at radius 3 is 2.79 bits per heavy atom. The first kappa shape index (κ1) is 14.3. The molecule has 2 aromatic rings. The minimum absolute atomic E-state index is 0.260. The van der Waals surface area contributed by atoms with E-state index in [2.05, 4.69) is 0 Å².